The van der Waals surface area contributed by atoms with Crippen LogP contribution in [0.5, 0.6) is 0 Å². The summed E-state index contributed by atoms with van der Waals surface area (Å²) in [4.78, 5) is 21.1. The Morgan fingerprint density at radius 1 is 1.00 bits per heavy atom. The molecular weight excluding hydrogens is 436 g/mol. The molecule has 0 aliphatic carbocycles. The molecule has 4 aromatic rings. The van der Waals surface area contributed by atoms with Crippen molar-refractivity contribution in [3.05, 3.63) is 93.6 Å². The molecule has 0 bridgehead atoms. The van der Waals surface area contributed by atoms with E-state index in [4.69, 9.17) is 9.25 Å². The molecule has 2 unspecified atom stereocenters. The fraction of sp³-hybridized carbons (Fsp3) is 0.192. The lowest BCUT2D eigenvalue weighted by atomic mass is 9.99. The van der Waals surface area contributed by atoms with Crippen molar-refractivity contribution in [1.82, 2.24) is 4.89 Å². The van der Waals surface area contributed by atoms with E-state index in [0.29, 0.717) is 32.9 Å². The maximum absolute atomic E-state index is 13.3. The number of nitrogens with one attached hydrogen (secondary N) is 2. The number of fused-ring (bicyclic) bond motifs is 1. The summed E-state index contributed by atoms with van der Waals surface area (Å²) in [6.45, 7) is 5.74. The molecule has 1 aromatic heterocycles. The Morgan fingerprint density at radius 3 is 2.42 bits per heavy atom. The lowest BCUT2D eigenvalue weighted by Gasteiger charge is -2.20. The van der Waals surface area contributed by atoms with E-state index in [2.05, 4.69) is 10.2 Å². The minimum atomic E-state index is -1.54. The lowest BCUT2D eigenvalue weighted by molar-refractivity contribution is 0.158. The smallest absolute Gasteiger partial charge is 0.196 e. The molecule has 0 radical (unpaired) electrons. The predicted octanol–water partition coefficient (Wildman–Crippen LogP) is 5.42. The van der Waals surface area contributed by atoms with Crippen LogP contribution in [0.2, 0.25) is 0 Å². The summed E-state index contributed by atoms with van der Waals surface area (Å²) in [5, 5.41) is 3.98. The van der Waals surface area contributed by atoms with Gasteiger partial charge in [0, 0.05) is 16.7 Å². The first-order valence-electron chi connectivity index (χ1n) is 10.6. The van der Waals surface area contributed by atoms with Gasteiger partial charge in [0.25, 0.3) is 0 Å². The summed E-state index contributed by atoms with van der Waals surface area (Å²) in [6.07, 6.45) is 0. The predicted molar refractivity (Wildman–Crippen MR) is 132 cm³/mol. The van der Waals surface area contributed by atoms with Crippen LogP contribution in [-0.4, -0.2) is 11.3 Å². The summed E-state index contributed by atoms with van der Waals surface area (Å²) in [5.74, 6) is 0.566. The number of anilines is 1. The Labute approximate surface area is 195 Å². The van der Waals surface area contributed by atoms with Gasteiger partial charge in [-0.2, -0.15) is 0 Å². The Kier molecular flexibility index (Phi) is 6.74. The van der Waals surface area contributed by atoms with E-state index < -0.39 is 11.0 Å². The Hall–Kier alpha value is -3.26. The van der Waals surface area contributed by atoms with Crippen LogP contribution >= 0.6 is 0 Å². The van der Waals surface area contributed by atoms with Gasteiger partial charge in [-0.25, -0.2) is 4.21 Å². The normalized spacial score (nSPS) is 13.1. The summed E-state index contributed by atoms with van der Waals surface area (Å²) in [6, 6.07) is 20.6. The van der Waals surface area contributed by atoms with Crippen LogP contribution in [0.1, 0.15) is 29.7 Å². The standard InChI is InChI=1S/C26H26N2O4S/c1-16-14-20(18(3)27-22-12-8-9-13-23(22)33(30)28-31-4)26-21(15-16)24(29)17(2)25(32-26)19-10-6-5-7-11-19/h5-15,18,27-28H,1-4H3. The van der Waals surface area contributed by atoms with Crippen molar-refractivity contribution >= 4 is 27.6 Å². The van der Waals surface area contributed by atoms with Crippen LogP contribution in [0.25, 0.3) is 22.3 Å². The zero-order valence-electron chi connectivity index (χ0n) is 19.0. The second-order valence-corrected chi connectivity index (χ2v) is 9.04. The minimum absolute atomic E-state index is 0.0435. The molecule has 0 fully saturated rings. The first-order valence-corrected chi connectivity index (χ1v) is 11.7. The van der Waals surface area contributed by atoms with E-state index in [0.717, 1.165) is 16.7 Å². The van der Waals surface area contributed by atoms with E-state index in [-0.39, 0.29) is 11.5 Å². The van der Waals surface area contributed by atoms with Gasteiger partial charge < -0.3 is 9.73 Å². The third-order valence-corrected chi connectivity index (χ3v) is 6.59. The molecule has 0 saturated heterocycles. The summed E-state index contributed by atoms with van der Waals surface area (Å²) >= 11 is 0. The van der Waals surface area contributed by atoms with Gasteiger partial charge in [0.05, 0.1) is 29.1 Å². The van der Waals surface area contributed by atoms with Gasteiger partial charge in [-0.3, -0.25) is 9.63 Å². The molecule has 170 valence electrons. The first kappa shape index (κ1) is 22.9. The third kappa shape index (κ3) is 4.61. The molecule has 1 heterocycles. The third-order valence-electron chi connectivity index (χ3n) is 5.51. The van der Waals surface area contributed by atoms with E-state index in [1.807, 2.05) is 74.5 Å². The average molecular weight is 463 g/mol. The molecule has 0 amide bonds. The van der Waals surface area contributed by atoms with Crippen molar-refractivity contribution in [1.29, 1.82) is 0 Å². The Bertz CT molecular complexity index is 1380. The fourth-order valence-corrected chi connectivity index (χ4v) is 4.70. The molecule has 4 rings (SSSR count). The number of rotatable bonds is 7. The lowest BCUT2D eigenvalue weighted by Crippen LogP contribution is -2.18. The largest absolute Gasteiger partial charge is 0.455 e. The number of hydrogen-bond acceptors (Lipinski definition) is 5. The Morgan fingerprint density at radius 2 is 1.70 bits per heavy atom. The second kappa shape index (κ2) is 9.70. The van der Waals surface area contributed by atoms with Crippen LogP contribution in [0.3, 0.4) is 0 Å². The van der Waals surface area contributed by atoms with Crippen LogP contribution in [-0.2, 0) is 15.8 Å². The van der Waals surface area contributed by atoms with Gasteiger partial charge in [-0.1, -0.05) is 48.5 Å². The molecule has 2 N–H and O–H groups in total. The van der Waals surface area contributed by atoms with Gasteiger partial charge in [-0.05, 0) is 44.5 Å². The summed E-state index contributed by atoms with van der Waals surface area (Å²) in [5.41, 5.74) is 4.44. The maximum atomic E-state index is 13.3. The molecule has 6 nitrogen and oxygen atoms in total. The van der Waals surface area contributed by atoms with Crippen LogP contribution < -0.4 is 15.6 Å². The molecule has 0 aliphatic heterocycles. The van der Waals surface area contributed by atoms with Gasteiger partial charge in [0.2, 0.25) is 0 Å². The molecule has 0 spiro atoms. The topological polar surface area (TPSA) is 80.6 Å². The van der Waals surface area contributed by atoms with Crippen LogP contribution in [0.15, 0.2) is 80.8 Å². The molecule has 33 heavy (non-hydrogen) atoms. The maximum Gasteiger partial charge on any atom is 0.196 e. The highest BCUT2D eigenvalue weighted by molar-refractivity contribution is 7.83. The van der Waals surface area contributed by atoms with Gasteiger partial charge in [0.1, 0.15) is 11.3 Å². The van der Waals surface area contributed by atoms with E-state index in [9.17, 15) is 9.00 Å². The Balaban J connectivity index is 1.84. The molecule has 0 saturated carbocycles. The quantitative estimate of drug-likeness (QED) is 0.358. The summed E-state index contributed by atoms with van der Waals surface area (Å²) < 4.78 is 18.9. The van der Waals surface area contributed by atoms with Crippen molar-refractivity contribution < 1.29 is 13.5 Å². The van der Waals surface area contributed by atoms with Crippen molar-refractivity contribution in [2.75, 3.05) is 12.4 Å². The SMILES string of the molecule is CONS(=O)c1ccccc1NC(C)c1cc(C)cc2c(=O)c(C)c(-c3ccccc3)oc12. The van der Waals surface area contributed by atoms with E-state index >= 15 is 0 Å². The molecule has 0 aliphatic rings. The number of aryl methyl sites for hydroxylation is 1. The highest BCUT2D eigenvalue weighted by atomic mass is 32.2. The molecule has 3 aromatic carbocycles. The summed E-state index contributed by atoms with van der Waals surface area (Å²) in [7, 11) is -0.122. The second-order valence-electron chi connectivity index (χ2n) is 7.90. The monoisotopic (exact) mass is 462 g/mol. The van der Waals surface area contributed by atoms with Gasteiger partial charge in [0.15, 0.2) is 16.4 Å². The molecule has 7 heteroatoms. The number of benzene rings is 3. The van der Waals surface area contributed by atoms with E-state index in [1.165, 1.54) is 7.11 Å². The van der Waals surface area contributed by atoms with Crippen molar-refractivity contribution in [2.24, 2.45) is 0 Å². The molecular formula is C26H26N2O4S. The van der Waals surface area contributed by atoms with E-state index in [1.54, 1.807) is 13.0 Å². The highest BCUT2D eigenvalue weighted by Gasteiger charge is 2.20. The molecule has 2 atom stereocenters. The van der Waals surface area contributed by atoms with Crippen molar-refractivity contribution in [2.45, 2.75) is 31.7 Å². The minimum Gasteiger partial charge on any atom is -0.455 e. The number of hydrogen-bond donors (Lipinski definition) is 2. The zero-order valence-corrected chi connectivity index (χ0v) is 19.8. The zero-order chi connectivity index (χ0) is 23.5. The highest BCUT2D eigenvalue weighted by Crippen LogP contribution is 2.32. The van der Waals surface area contributed by atoms with Crippen LogP contribution in [0, 0.1) is 13.8 Å². The number of para-hydroxylation sites is 1. The first-order chi connectivity index (χ1) is 15.9. The average Bonchev–Trinajstić information content (AvgIpc) is 2.82. The van der Waals surface area contributed by atoms with Gasteiger partial charge >= 0.3 is 0 Å². The van der Waals surface area contributed by atoms with Crippen LogP contribution in [0.4, 0.5) is 5.69 Å². The fourth-order valence-electron chi connectivity index (χ4n) is 3.93. The van der Waals surface area contributed by atoms with Crippen molar-refractivity contribution in [3.8, 4) is 11.3 Å². The van der Waals surface area contributed by atoms with Crippen molar-refractivity contribution in [3.63, 3.8) is 0 Å². The van der Waals surface area contributed by atoms with Gasteiger partial charge in [-0.15, -0.1) is 4.89 Å².